The molecule has 3 heteroatoms. The standard InChI is InChI=1S/C13H16N2O/c1-3-9-4-5-13-11(6-9)12(14)7-10(15-13)8-16-2/h4-7H,3,8H2,1-2H3,(H2,14,15). The van der Waals surface area contributed by atoms with Crippen LogP contribution in [0.15, 0.2) is 24.3 Å². The molecule has 2 aromatic rings. The van der Waals surface area contributed by atoms with Crippen LogP contribution in [-0.4, -0.2) is 12.1 Å². The van der Waals surface area contributed by atoms with E-state index in [-0.39, 0.29) is 0 Å². The summed E-state index contributed by atoms with van der Waals surface area (Å²) in [5, 5.41) is 1.03. The molecule has 0 radical (unpaired) electrons. The molecule has 3 nitrogen and oxygen atoms in total. The summed E-state index contributed by atoms with van der Waals surface area (Å²) in [5.74, 6) is 0. The Morgan fingerprint density at radius 2 is 2.12 bits per heavy atom. The van der Waals surface area contributed by atoms with E-state index in [1.54, 1.807) is 7.11 Å². The number of fused-ring (bicyclic) bond motifs is 1. The van der Waals surface area contributed by atoms with Crippen LogP contribution in [0.3, 0.4) is 0 Å². The van der Waals surface area contributed by atoms with Gasteiger partial charge in [0.2, 0.25) is 0 Å². The van der Waals surface area contributed by atoms with Crippen molar-refractivity contribution in [3.63, 3.8) is 0 Å². The largest absolute Gasteiger partial charge is 0.398 e. The molecule has 0 aliphatic carbocycles. The van der Waals surface area contributed by atoms with Crippen molar-refractivity contribution in [2.24, 2.45) is 0 Å². The van der Waals surface area contributed by atoms with Crippen molar-refractivity contribution in [1.82, 2.24) is 4.98 Å². The summed E-state index contributed by atoms with van der Waals surface area (Å²) < 4.78 is 5.06. The van der Waals surface area contributed by atoms with Crippen molar-refractivity contribution in [3.05, 3.63) is 35.5 Å². The molecule has 1 aromatic carbocycles. The number of pyridine rings is 1. The first-order chi connectivity index (χ1) is 7.74. The lowest BCUT2D eigenvalue weighted by Gasteiger charge is -2.07. The van der Waals surface area contributed by atoms with Gasteiger partial charge in [0.25, 0.3) is 0 Å². The Morgan fingerprint density at radius 3 is 2.81 bits per heavy atom. The van der Waals surface area contributed by atoms with E-state index in [4.69, 9.17) is 10.5 Å². The molecule has 2 rings (SSSR count). The molecule has 0 atom stereocenters. The van der Waals surface area contributed by atoms with Crippen LogP contribution in [0, 0.1) is 0 Å². The highest BCUT2D eigenvalue weighted by Gasteiger charge is 2.04. The number of anilines is 1. The summed E-state index contributed by atoms with van der Waals surface area (Å²) in [7, 11) is 1.66. The van der Waals surface area contributed by atoms with Crippen molar-refractivity contribution in [3.8, 4) is 0 Å². The molecule has 0 amide bonds. The van der Waals surface area contributed by atoms with Gasteiger partial charge in [-0.1, -0.05) is 13.0 Å². The minimum absolute atomic E-state index is 0.496. The zero-order valence-electron chi connectivity index (χ0n) is 9.66. The van der Waals surface area contributed by atoms with Crippen LogP contribution in [0.5, 0.6) is 0 Å². The first kappa shape index (κ1) is 10.9. The van der Waals surface area contributed by atoms with E-state index in [9.17, 15) is 0 Å². The first-order valence-corrected chi connectivity index (χ1v) is 5.41. The summed E-state index contributed by atoms with van der Waals surface area (Å²) in [6.07, 6.45) is 1.01. The third-order valence-electron chi connectivity index (χ3n) is 2.66. The number of nitrogens with two attached hydrogens (primary N) is 1. The van der Waals surface area contributed by atoms with Crippen LogP contribution >= 0.6 is 0 Å². The topological polar surface area (TPSA) is 48.1 Å². The number of nitrogen functional groups attached to an aromatic ring is 1. The Hall–Kier alpha value is -1.61. The predicted molar refractivity (Wildman–Crippen MR) is 66.2 cm³/mol. The smallest absolute Gasteiger partial charge is 0.0885 e. The molecule has 0 bridgehead atoms. The normalized spacial score (nSPS) is 10.9. The average Bonchev–Trinajstić information content (AvgIpc) is 2.29. The Morgan fingerprint density at radius 1 is 1.31 bits per heavy atom. The molecule has 16 heavy (non-hydrogen) atoms. The number of hydrogen-bond acceptors (Lipinski definition) is 3. The molecule has 0 aliphatic heterocycles. The molecule has 0 aliphatic rings. The van der Waals surface area contributed by atoms with E-state index in [0.717, 1.165) is 28.7 Å². The molecule has 84 valence electrons. The second kappa shape index (κ2) is 4.49. The van der Waals surface area contributed by atoms with Crippen LogP contribution in [0.4, 0.5) is 5.69 Å². The number of benzene rings is 1. The third kappa shape index (κ3) is 1.99. The fraction of sp³-hybridized carbons (Fsp3) is 0.308. The monoisotopic (exact) mass is 216 g/mol. The van der Waals surface area contributed by atoms with Crippen LogP contribution in [0.1, 0.15) is 18.2 Å². The highest BCUT2D eigenvalue weighted by Crippen LogP contribution is 2.22. The molecular weight excluding hydrogens is 200 g/mol. The van der Waals surface area contributed by atoms with Gasteiger partial charge in [0, 0.05) is 18.2 Å². The Kier molecular flexibility index (Phi) is 3.06. The zero-order valence-corrected chi connectivity index (χ0v) is 9.66. The lowest BCUT2D eigenvalue weighted by Crippen LogP contribution is -1.97. The van der Waals surface area contributed by atoms with E-state index in [0.29, 0.717) is 6.61 Å². The summed E-state index contributed by atoms with van der Waals surface area (Å²) in [4.78, 5) is 4.50. The van der Waals surface area contributed by atoms with Crippen LogP contribution < -0.4 is 5.73 Å². The van der Waals surface area contributed by atoms with Crippen LogP contribution in [0.25, 0.3) is 10.9 Å². The lowest BCUT2D eigenvalue weighted by atomic mass is 10.1. The molecule has 1 aromatic heterocycles. The third-order valence-corrected chi connectivity index (χ3v) is 2.66. The van der Waals surface area contributed by atoms with E-state index < -0.39 is 0 Å². The lowest BCUT2D eigenvalue weighted by molar-refractivity contribution is 0.182. The minimum Gasteiger partial charge on any atom is -0.398 e. The summed E-state index contributed by atoms with van der Waals surface area (Å²) in [6, 6.07) is 8.09. The average molecular weight is 216 g/mol. The van der Waals surface area contributed by atoms with Gasteiger partial charge in [-0.2, -0.15) is 0 Å². The number of aryl methyl sites for hydroxylation is 1. The predicted octanol–water partition coefficient (Wildman–Crippen LogP) is 2.53. The fourth-order valence-corrected chi connectivity index (χ4v) is 1.80. The highest BCUT2D eigenvalue weighted by atomic mass is 16.5. The summed E-state index contributed by atoms with van der Waals surface area (Å²) >= 11 is 0. The van der Waals surface area contributed by atoms with Gasteiger partial charge < -0.3 is 10.5 Å². The Balaban J connectivity index is 2.57. The first-order valence-electron chi connectivity index (χ1n) is 5.41. The number of nitrogens with zero attached hydrogens (tertiary/aromatic N) is 1. The van der Waals surface area contributed by atoms with E-state index in [1.165, 1.54) is 5.56 Å². The van der Waals surface area contributed by atoms with Gasteiger partial charge in [0.1, 0.15) is 0 Å². The van der Waals surface area contributed by atoms with Gasteiger partial charge in [-0.05, 0) is 30.2 Å². The van der Waals surface area contributed by atoms with Crippen molar-refractivity contribution in [2.45, 2.75) is 20.0 Å². The number of ether oxygens (including phenoxy) is 1. The fourth-order valence-electron chi connectivity index (χ4n) is 1.80. The molecule has 0 fully saturated rings. The van der Waals surface area contributed by atoms with Crippen molar-refractivity contribution >= 4 is 16.6 Å². The van der Waals surface area contributed by atoms with E-state index in [2.05, 4.69) is 24.0 Å². The summed E-state index contributed by atoms with van der Waals surface area (Å²) in [5.41, 5.74) is 9.87. The van der Waals surface area contributed by atoms with Gasteiger partial charge >= 0.3 is 0 Å². The molecule has 0 unspecified atom stereocenters. The molecular formula is C13H16N2O. The quantitative estimate of drug-likeness (QED) is 0.857. The summed E-state index contributed by atoms with van der Waals surface area (Å²) in [6.45, 7) is 2.62. The minimum atomic E-state index is 0.496. The number of methoxy groups -OCH3 is 1. The van der Waals surface area contributed by atoms with Crippen molar-refractivity contribution in [2.75, 3.05) is 12.8 Å². The maximum absolute atomic E-state index is 6.02. The van der Waals surface area contributed by atoms with Gasteiger partial charge in [-0.3, -0.25) is 4.98 Å². The Labute approximate surface area is 95.2 Å². The van der Waals surface area contributed by atoms with Gasteiger partial charge in [0.15, 0.2) is 0 Å². The zero-order chi connectivity index (χ0) is 11.5. The second-order valence-electron chi connectivity index (χ2n) is 3.84. The maximum atomic E-state index is 6.02. The van der Waals surface area contributed by atoms with Crippen LogP contribution in [0.2, 0.25) is 0 Å². The van der Waals surface area contributed by atoms with Gasteiger partial charge in [-0.15, -0.1) is 0 Å². The van der Waals surface area contributed by atoms with Gasteiger partial charge in [0.05, 0.1) is 17.8 Å². The Bertz CT molecular complexity index is 509. The van der Waals surface area contributed by atoms with Crippen LogP contribution in [-0.2, 0) is 17.8 Å². The molecule has 0 saturated heterocycles. The number of aromatic nitrogens is 1. The van der Waals surface area contributed by atoms with E-state index >= 15 is 0 Å². The molecule has 1 heterocycles. The van der Waals surface area contributed by atoms with E-state index in [1.807, 2.05) is 12.1 Å². The highest BCUT2D eigenvalue weighted by molar-refractivity contribution is 5.90. The number of hydrogen-bond donors (Lipinski definition) is 1. The maximum Gasteiger partial charge on any atom is 0.0885 e. The SMILES string of the molecule is CCc1ccc2nc(COC)cc(N)c2c1. The number of rotatable bonds is 3. The van der Waals surface area contributed by atoms with Gasteiger partial charge in [-0.25, -0.2) is 0 Å². The van der Waals surface area contributed by atoms with Crippen molar-refractivity contribution < 1.29 is 4.74 Å². The molecule has 0 saturated carbocycles. The molecule has 2 N–H and O–H groups in total. The molecule has 0 spiro atoms. The van der Waals surface area contributed by atoms with Crippen molar-refractivity contribution in [1.29, 1.82) is 0 Å². The second-order valence-corrected chi connectivity index (χ2v) is 3.84.